The van der Waals surface area contributed by atoms with E-state index in [4.69, 9.17) is 4.74 Å². The van der Waals surface area contributed by atoms with Gasteiger partial charge >= 0.3 is 0 Å². The maximum Gasteiger partial charge on any atom is 0.292 e. The van der Waals surface area contributed by atoms with Gasteiger partial charge in [0.25, 0.3) is 6.73 Å². The molecule has 4 aromatic rings. The molecular formula is C20H17N2O+. The molecule has 3 heteroatoms. The van der Waals surface area contributed by atoms with Crippen LogP contribution in [0.3, 0.4) is 0 Å². The standard InChI is InChI=1S/C20H17N2O/c1-13-5-6-15-8-7-14-9-10-16(17-4-3-11-21(17)2)20-18(14)19(15)22(13)12-23-20/h3-11H,12H2,1-2H3/q+1. The van der Waals surface area contributed by atoms with Crippen LogP contribution in [0.25, 0.3) is 32.9 Å². The van der Waals surface area contributed by atoms with Crippen molar-refractivity contribution in [3.8, 4) is 17.0 Å². The Morgan fingerprint density at radius 1 is 1.00 bits per heavy atom. The fraction of sp³-hybridized carbons (Fsp3) is 0.150. The van der Waals surface area contributed by atoms with Crippen molar-refractivity contribution in [2.24, 2.45) is 7.05 Å². The lowest BCUT2D eigenvalue weighted by Gasteiger charge is -2.19. The lowest BCUT2D eigenvalue weighted by molar-refractivity contribution is -0.707. The molecule has 0 bridgehead atoms. The summed E-state index contributed by atoms with van der Waals surface area (Å²) in [4.78, 5) is 0. The fourth-order valence-electron chi connectivity index (χ4n) is 3.67. The van der Waals surface area contributed by atoms with Crippen molar-refractivity contribution in [3.63, 3.8) is 0 Å². The predicted molar refractivity (Wildman–Crippen MR) is 91.4 cm³/mol. The molecule has 0 N–H and O–H groups in total. The first kappa shape index (κ1) is 12.7. The summed E-state index contributed by atoms with van der Waals surface area (Å²) in [7, 11) is 2.07. The molecule has 112 valence electrons. The lowest BCUT2D eigenvalue weighted by Crippen LogP contribution is -2.42. The average Bonchev–Trinajstić information content (AvgIpc) is 3.00. The highest BCUT2D eigenvalue weighted by Gasteiger charge is 2.26. The number of benzene rings is 2. The van der Waals surface area contributed by atoms with Crippen LogP contribution in [0, 0.1) is 6.92 Å². The number of rotatable bonds is 1. The largest absolute Gasteiger partial charge is 0.434 e. The molecule has 0 unspecified atom stereocenters. The van der Waals surface area contributed by atoms with Gasteiger partial charge in [-0.25, -0.2) is 0 Å². The van der Waals surface area contributed by atoms with E-state index in [1.165, 1.54) is 33.1 Å². The summed E-state index contributed by atoms with van der Waals surface area (Å²) in [6.07, 6.45) is 2.07. The molecule has 0 radical (unpaired) electrons. The maximum atomic E-state index is 6.23. The highest BCUT2D eigenvalue weighted by atomic mass is 16.5. The molecule has 1 aliphatic heterocycles. The van der Waals surface area contributed by atoms with Crippen molar-refractivity contribution < 1.29 is 9.30 Å². The Labute approximate surface area is 134 Å². The van der Waals surface area contributed by atoms with Gasteiger partial charge in [-0.3, -0.25) is 0 Å². The summed E-state index contributed by atoms with van der Waals surface area (Å²) in [5.41, 5.74) is 4.84. The quantitative estimate of drug-likeness (QED) is 0.384. The molecule has 0 atom stereocenters. The van der Waals surface area contributed by atoms with E-state index in [0.29, 0.717) is 6.73 Å². The number of hydrogen-bond acceptors (Lipinski definition) is 1. The normalized spacial score (nSPS) is 13.0. The zero-order valence-electron chi connectivity index (χ0n) is 13.2. The van der Waals surface area contributed by atoms with Gasteiger partial charge in [0.1, 0.15) is 0 Å². The first-order valence-electron chi connectivity index (χ1n) is 7.87. The van der Waals surface area contributed by atoms with Gasteiger partial charge in [0.2, 0.25) is 5.52 Å². The van der Waals surface area contributed by atoms with Crippen LogP contribution in [0.5, 0.6) is 5.75 Å². The summed E-state index contributed by atoms with van der Waals surface area (Å²) >= 11 is 0. The van der Waals surface area contributed by atoms with Crippen LogP contribution < -0.4 is 9.30 Å². The Balaban J connectivity index is 1.99. The second-order valence-electron chi connectivity index (χ2n) is 6.22. The monoisotopic (exact) mass is 301 g/mol. The second kappa shape index (κ2) is 4.35. The molecule has 3 nitrogen and oxygen atoms in total. The molecule has 2 aromatic heterocycles. The number of aromatic nitrogens is 2. The van der Waals surface area contributed by atoms with E-state index in [1.54, 1.807) is 0 Å². The SMILES string of the molecule is Cc1ccc2ccc3ccc(-c4cccn4C)c4c3c2[n+]1CO4. The van der Waals surface area contributed by atoms with E-state index in [0.717, 1.165) is 11.3 Å². The molecular weight excluding hydrogens is 284 g/mol. The third-order valence-electron chi connectivity index (χ3n) is 4.90. The van der Waals surface area contributed by atoms with Crippen LogP contribution in [-0.2, 0) is 13.8 Å². The third-order valence-corrected chi connectivity index (χ3v) is 4.90. The molecule has 23 heavy (non-hydrogen) atoms. The third kappa shape index (κ3) is 1.62. The Morgan fingerprint density at radius 3 is 2.61 bits per heavy atom. The van der Waals surface area contributed by atoms with Crippen molar-refractivity contribution in [1.82, 2.24) is 4.57 Å². The summed E-state index contributed by atoms with van der Waals surface area (Å²) in [5, 5.41) is 3.71. The van der Waals surface area contributed by atoms with Gasteiger partial charge < -0.3 is 9.30 Å². The molecule has 0 amide bonds. The molecule has 2 aromatic carbocycles. The van der Waals surface area contributed by atoms with E-state index in [2.05, 4.69) is 77.8 Å². The van der Waals surface area contributed by atoms with Gasteiger partial charge in [-0.1, -0.05) is 12.1 Å². The molecule has 0 aliphatic carbocycles. The van der Waals surface area contributed by atoms with Crippen molar-refractivity contribution >= 4 is 21.7 Å². The summed E-state index contributed by atoms with van der Waals surface area (Å²) < 4.78 is 10.6. The van der Waals surface area contributed by atoms with E-state index in [-0.39, 0.29) is 0 Å². The molecule has 5 rings (SSSR count). The van der Waals surface area contributed by atoms with Crippen molar-refractivity contribution in [2.45, 2.75) is 13.7 Å². The Kier molecular flexibility index (Phi) is 2.41. The van der Waals surface area contributed by atoms with Crippen LogP contribution in [0.4, 0.5) is 0 Å². The maximum absolute atomic E-state index is 6.23. The minimum absolute atomic E-state index is 0.566. The Morgan fingerprint density at radius 2 is 1.78 bits per heavy atom. The molecule has 0 spiro atoms. The minimum atomic E-state index is 0.566. The van der Waals surface area contributed by atoms with Crippen LogP contribution in [-0.4, -0.2) is 4.57 Å². The van der Waals surface area contributed by atoms with Crippen LogP contribution in [0.1, 0.15) is 5.69 Å². The predicted octanol–water partition coefficient (Wildman–Crippen LogP) is 3.94. The van der Waals surface area contributed by atoms with Gasteiger partial charge in [-0.05, 0) is 35.7 Å². The molecule has 3 heterocycles. The fourth-order valence-corrected chi connectivity index (χ4v) is 3.67. The van der Waals surface area contributed by atoms with Crippen molar-refractivity contribution in [1.29, 1.82) is 0 Å². The van der Waals surface area contributed by atoms with Gasteiger partial charge in [-0.15, -0.1) is 0 Å². The smallest absolute Gasteiger partial charge is 0.292 e. The molecule has 0 fully saturated rings. The number of ether oxygens (including phenoxy) is 1. The zero-order chi connectivity index (χ0) is 15.6. The Bertz CT molecular complexity index is 1090. The lowest BCUT2D eigenvalue weighted by atomic mass is 9.99. The topological polar surface area (TPSA) is 18.0 Å². The van der Waals surface area contributed by atoms with Gasteiger partial charge in [0.05, 0.1) is 11.1 Å². The second-order valence-corrected chi connectivity index (χ2v) is 6.22. The van der Waals surface area contributed by atoms with E-state index >= 15 is 0 Å². The number of hydrogen-bond donors (Lipinski definition) is 0. The Hall–Kier alpha value is -2.81. The molecule has 0 saturated carbocycles. The molecule has 0 saturated heterocycles. The van der Waals surface area contributed by atoms with E-state index in [9.17, 15) is 0 Å². The van der Waals surface area contributed by atoms with E-state index < -0.39 is 0 Å². The van der Waals surface area contributed by atoms with E-state index in [1.807, 2.05) is 0 Å². The highest BCUT2D eigenvalue weighted by molar-refractivity contribution is 6.09. The summed E-state index contributed by atoms with van der Waals surface area (Å²) in [6.45, 7) is 2.70. The van der Waals surface area contributed by atoms with Crippen molar-refractivity contribution in [2.75, 3.05) is 0 Å². The molecule has 1 aliphatic rings. The summed E-state index contributed by atoms with van der Waals surface area (Å²) in [5.74, 6) is 1.00. The number of pyridine rings is 1. The van der Waals surface area contributed by atoms with Gasteiger partial charge in [0.15, 0.2) is 11.4 Å². The minimum Gasteiger partial charge on any atom is -0.434 e. The first-order chi connectivity index (χ1) is 11.2. The average molecular weight is 301 g/mol. The number of aryl methyl sites for hydroxylation is 2. The van der Waals surface area contributed by atoms with Crippen molar-refractivity contribution in [3.05, 3.63) is 60.4 Å². The van der Waals surface area contributed by atoms with Crippen LogP contribution >= 0.6 is 0 Å². The first-order valence-corrected chi connectivity index (χ1v) is 7.87. The zero-order valence-corrected chi connectivity index (χ0v) is 13.2. The number of nitrogens with zero attached hydrogens (tertiary/aromatic N) is 2. The summed E-state index contributed by atoms with van der Waals surface area (Å²) in [6, 6.07) is 17.3. The van der Waals surface area contributed by atoms with Gasteiger partial charge in [-0.2, -0.15) is 4.57 Å². The van der Waals surface area contributed by atoms with Crippen LogP contribution in [0.2, 0.25) is 0 Å². The van der Waals surface area contributed by atoms with Crippen LogP contribution in [0.15, 0.2) is 54.7 Å². The van der Waals surface area contributed by atoms with Gasteiger partial charge in [0, 0.05) is 37.2 Å². The highest BCUT2D eigenvalue weighted by Crippen LogP contribution is 2.41.